The van der Waals surface area contributed by atoms with Crippen LogP contribution < -0.4 is 4.74 Å². The Morgan fingerprint density at radius 2 is 2.08 bits per heavy atom. The second-order valence-corrected chi connectivity index (χ2v) is 8.09. The Morgan fingerprint density at radius 3 is 2.84 bits per heavy atom. The molecule has 4 heteroatoms. The van der Waals surface area contributed by atoms with Crippen LogP contribution >= 0.6 is 0 Å². The predicted molar refractivity (Wildman–Crippen MR) is 96.8 cm³/mol. The van der Waals surface area contributed by atoms with E-state index in [9.17, 15) is 4.79 Å². The standard InChI is InChI=1S/C21H27NO3/c1-13(23)25-15-5-7-16-14(12-15)4-6-18-17(16)10-11-21(2)19(18)8-9-20(21)22-24-3/h5,7,12,17-19H,4,6,8-11H2,1-3H3/b22-20+. The molecule has 0 N–H and O–H groups in total. The van der Waals surface area contributed by atoms with Crippen molar-refractivity contribution in [2.24, 2.45) is 22.4 Å². The highest BCUT2D eigenvalue weighted by Crippen LogP contribution is 2.60. The number of oxime groups is 1. The van der Waals surface area contributed by atoms with Crippen LogP contribution in [0.4, 0.5) is 0 Å². The van der Waals surface area contributed by atoms with Crippen LogP contribution in [0.5, 0.6) is 5.75 Å². The molecule has 2 saturated carbocycles. The van der Waals surface area contributed by atoms with Crippen LogP contribution in [0.1, 0.15) is 63.0 Å². The Kier molecular flexibility index (Phi) is 4.09. The highest BCUT2D eigenvalue weighted by molar-refractivity contribution is 5.92. The summed E-state index contributed by atoms with van der Waals surface area (Å²) in [4.78, 5) is 16.3. The van der Waals surface area contributed by atoms with E-state index in [1.807, 2.05) is 6.07 Å². The fraction of sp³-hybridized carbons (Fsp3) is 0.619. The lowest BCUT2D eigenvalue weighted by molar-refractivity contribution is -0.131. The van der Waals surface area contributed by atoms with E-state index >= 15 is 0 Å². The Balaban J connectivity index is 1.62. The number of benzene rings is 1. The molecule has 0 amide bonds. The highest BCUT2D eigenvalue weighted by atomic mass is 16.6. The molecular formula is C21H27NO3. The summed E-state index contributed by atoms with van der Waals surface area (Å²) < 4.78 is 5.27. The van der Waals surface area contributed by atoms with Gasteiger partial charge in [-0.15, -0.1) is 0 Å². The van der Waals surface area contributed by atoms with Gasteiger partial charge in [0.2, 0.25) is 0 Å². The molecule has 4 rings (SSSR count). The van der Waals surface area contributed by atoms with Crippen LogP contribution in [-0.2, 0) is 16.1 Å². The topological polar surface area (TPSA) is 47.9 Å². The van der Waals surface area contributed by atoms with Gasteiger partial charge in [0.1, 0.15) is 12.9 Å². The van der Waals surface area contributed by atoms with Gasteiger partial charge in [0.25, 0.3) is 0 Å². The van der Waals surface area contributed by atoms with Gasteiger partial charge >= 0.3 is 5.97 Å². The zero-order valence-corrected chi connectivity index (χ0v) is 15.4. The first-order valence-corrected chi connectivity index (χ1v) is 9.44. The van der Waals surface area contributed by atoms with Gasteiger partial charge < -0.3 is 9.57 Å². The first-order chi connectivity index (χ1) is 12.0. The van der Waals surface area contributed by atoms with E-state index in [-0.39, 0.29) is 11.4 Å². The number of nitrogens with zero attached hydrogens (tertiary/aromatic N) is 1. The molecule has 0 saturated heterocycles. The van der Waals surface area contributed by atoms with Crippen molar-refractivity contribution in [2.75, 3.05) is 7.11 Å². The van der Waals surface area contributed by atoms with Gasteiger partial charge in [-0.1, -0.05) is 18.1 Å². The van der Waals surface area contributed by atoms with Gasteiger partial charge in [-0.2, -0.15) is 0 Å². The first kappa shape index (κ1) is 16.6. The van der Waals surface area contributed by atoms with Crippen molar-refractivity contribution in [3.8, 4) is 5.75 Å². The maximum atomic E-state index is 11.2. The molecule has 0 aromatic heterocycles. The van der Waals surface area contributed by atoms with Gasteiger partial charge in [0, 0.05) is 12.3 Å². The summed E-state index contributed by atoms with van der Waals surface area (Å²) in [5.74, 6) is 2.51. The zero-order valence-electron chi connectivity index (χ0n) is 15.4. The molecule has 1 aromatic rings. The third-order valence-electron chi connectivity index (χ3n) is 6.90. The lowest BCUT2D eigenvalue weighted by Gasteiger charge is -2.49. The second kappa shape index (κ2) is 6.15. The monoisotopic (exact) mass is 341 g/mol. The number of hydrogen-bond acceptors (Lipinski definition) is 4. The number of ether oxygens (including phenoxy) is 1. The van der Waals surface area contributed by atoms with Crippen molar-refractivity contribution < 1.29 is 14.4 Å². The molecule has 3 aliphatic rings. The van der Waals surface area contributed by atoms with Gasteiger partial charge in [0.05, 0.1) is 5.71 Å². The molecule has 1 aromatic carbocycles. The minimum atomic E-state index is -0.252. The van der Waals surface area contributed by atoms with E-state index in [1.54, 1.807) is 7.11 Å². The molecule has 0 spiro atoms. The number of fused-ring (bicyclic) bond motifs is 5. The maximum Gasteiger partial charge on any atom is 0.308 e. The molecule has 4 atom stereocenters. The van der Waals surface area contributed by atoms with Crippen LogP contribution in [0.15, 0.2) is 23.4 Å². The summed E-state index contributed by atoms with van der Waals surface area (Å²) in [6.07, 6.45) is 7.01. The van der Waals surface area contributed by atoms with Crippen molar-refractivity contribution >= 4 is 11.7 Å². The van der Waals surface area contributed by atoms with Crippen LogP contribution in [0.3, 0.4) is 0 Å². The fourth-order valence-corrected chi connectivity index (χ4v) is 5.84. The molecule has 0 bridgehead atoms. The van der Waals surface area contributed by atoms with E-state index in [0.29, 0.717) is 17.6 Å². The molecule has 0 heterocycles. The van der Waals surface area contributed by atoms with Gasteiger partial charge in [-0.3, -0.25) is 4.79 Å². The van der Waals surface area contributed by atoms with Crippen LogP contribution in [0.25, 0.3) is 0 Å². The second-order valence-electron chi connectivity index (χ2n) is 8.09. The smallest absolute Gasteiger partial charge is 0.308 e. The lowest BCUT2D eigenvalue weighted by Crippen LogP contribution is -2.42. The van der Waals surface area contributed by atoms with Crippen molar-refractivity contribution in [3.05, 3.63) is 29.3 Å². The van der Waals surface area contributed by atoms with Crippen molar-refractivity contribution in [1.29, 1.82) is 0 Å². The largest absolute Gasteiger partial charge is 0.427 e. The number of carbonyl (C=O) groups is 1. The lowest BCUT2D eigenvalue weighted by atomic mass is 9.55. The molecule has 25 heavy (non-hydrogen) atoms. The Morgan fingerprint density at radius 1 is 1.24 bits per heavy atom. The Labute approximate surface area is 149 Å². The molecule has 0 radical (unpaired) electrons. The van der Waals surface area contributed by atoms with Crippen LogP contribution in [0.2, 0.25) is 0 Å². The number of esters is 1. The molecule has 2 fully saturated rings. The summed E-state index contributed by atoms with van der Waals surface area (Å²) >= 11 is 0. The highest BCUT2D eigenvalue weighted by Gasteiger charge is 2.53. The normalized spacial score (nSPS) is 34.8. The maximum absolute atomic E-state index is 11.2. The van der Waals surface area contributed by atoms with Crippen LogP contribution in [0, 0.1) is 17.3 Å². The van der Waals surface area contributed by atoms with Crippen molar-refractivity contribution in [3.63, 3.8) is 0 Å². The average molecular weight is 341 g/mol. The molecule has 4 nitrogen and oxygen atoms in total. The van der Waals surface area contributed by atoms with Gasteiger partial charge in [0.15, 0.2) is 0 Å². The van der Waals surface area contributed by atoms with Gasteiger partial charge in [-0.25, -0.2) is 0 Å². The van der Waals surface area contributed by atoms with E-state index < -0.39 is 0 Å². The summed E-state index contributed by atoms with van der Waals surface area (Å²) in [6, 6.07) is 6.24. The van der Waals surface area contributed by atoms with E-state index in [4.69, 9.17) is 9.57 Å². The number of rotatable bonds is 2. The van der Waals surface area contributed by atoms with Gasteiger partial charge in [-0.05, 0) is 79.5 Å². The number of hydrogen-bond donors (Lipinski definition) is 0. The van der Waals surface area contributed by atoms with Crippen molar-refractivity contribution in [1.82, 2.24) is 0 Å². The average Bonchev–Trinajstić information content (AvgIpc) is 2.91. The Bertz CT molecular complexity index is 726. The fourth-order valence-electron chi connectivity index (χ4n) is 5.84. The van der Waals surface area contributed by atoms with E-state index in [0.717, 1.165) is 18.8 Å². The van der Waals surface area contributed by atoms with Crippen LogP contribution in [-0.4, -0.2) is 18.8 Å². The zero-order chi connectivity index (χ0) is 17.6. The quantitative estimate of drug-likeness (QED) is 0.453. The summed E-state index contributed by atoms with van der Waals surface area (Å²) in [5, 5.41) is 4.37. The summed E-state index contributed by atoms with van der Waals surface area (Å²) in [7, 11) is 1.66. The first-order valence-electron chi connectivity index (χ1n) is 9.44. The number of aryl methyl sites for hydroxylation is 1. The number of carbonyl (C=O) groups excluding carboxylic acids is 1. The summed E-state index contributed by atoms with van der Waals surface area (Å²) in [5.41, 5.74) is 4.33. The minimum Gasteiger partial charge on any atom is -0.427 e. The molecule has 3 aliphatic carbocycles. The molecule has 4 unspecified atom stereocenters. The van der Waals surface area contributed by atoms with E-state index in [1.165, 1.54) is 49.4 Å². The predicted octanol–water partition coefficient (Wildman–Crippen LogP) is 4.47. The minimum absolute atomic E-state index is 0.215. The van der Waals surface area contributed by atoms with Crippen molar-refractivity contribution in [2.45, 2.75) is 58.3 Å². The Hall–Kier alpha value is -1.84. The molecule has 134 valence electrons. The SMILES string of the molecule is CO/N=C1\CCC2C3CCc4cc(OC(C)=O)ccc4C3CCC12C. The molecular weight excluding hydrogens is 314 g/mol. The van der Waals surface area contributed by atoms with E-state index in [2.05, 4.69) is 24.2 Å². The third kappa shape index (κ3) is 2.66. The summed E-state index contributed by atoms with van der Waals surface area (Å²) in [6.45, 7) is 3.86. The third-order valence-corrected chi connectivity index (χ3v) is 6.90. The molecule has 0 aliphatic heterocycles.